The molecule has 1 aliphatic heterocycles. The van der Waals surface area contributed by atoms with Crippen LogP contribution in [-0.4, -0.2) is 57.1 Å². The maximum absolute atomic E-state index is 12.1. The van der Waals surface area contributed by atoms with Crippen molar-refractivity contribution in [1.29, 1.82) is 0 Å². The quantitative estimate of drug-likeness (QED) is 0.519. The Morgan fingerprint density at radius 3 is 2.90 bits per heavy atom. The molecule has 164 valence electrons. The van der Waals surface area contributed by atoms with Gasteiger partial charge in [0.15, 0.2) is 5.69 Å². The summed E-state index contributed by atoms with van der Waals surface area (Å²) in [4.78, 5) is 14.5. The van der Waals surface area contributed by atoms with Gasteiger partial charge >= 0.3 is 0 Å². The predicted molar refractivity (Wildman–Crippen MR) is 117 cm³/mol. The zero-order valence-electron chi connectivity index (χ0n) is 17.2. The van der Waals surface area contributed by atoms with Crippen molar-refractivity contribution in [3.63, 3.8) is 0 Å². The summed E-state index contributed by atoms with van der Waals surface area (Å²) in [7, 11) is 0. The molecule has 3 heterocycles. The Bertz CT molecular complexity index is 1000. The van der Waals surface area contributed by atoms with Crippen LogP contribution in [0.1, 0.15) is 41.6 Å². The van der Waals surface area contributed by atoms with E-state index in [9.17, 15) is 4.79 Å². The van der Waals surface area contributed by atoms with Crippen LogP contribution in [0.4, 0.5) is 0 Å². The first-order chi connectivity index (χ1) is 15.1. The number of hydrogen-bond donors (Lipinski definition) is 2. The van der Waals surface area contributed by atoms with Gasteiger partial charge in [-0.2, -0.15) is 0 Å². The number of furan rings is 1. The van der Waals surface area contributed by atoms with E-state index in [4.69, 9.17) is 21.1 Å². The lowest BCUT2D eigenvalue weighted by atomic mass is 10.1. The molecule has 1 fully saturated rings. The van der Waals surface area contributed by atoms with Crippen LogP contribution in [0.2, 0.25) is 5.02 Å². The minimum atomic E-state index is -0.266. The maximum atomic E-state index is 12.1. The molecule has 0 saturated carbocycles. The largest absolute Gasteiger partial charge is 0.460 e. The number of aliphatic hydroxyl groups is 1. The number of nitrogens with one attached hydrogen (secondary N) is 1. The van der Waals surface area contributed by atoms with Gasteiger partial charge < -0.3 is 14.8 Å². The van der Waals surface area contributed by atoms with Gasteiger partial charge in [-0.05, 0) is 62.2 Å². The van der Waals surface area contributed by atoms with E-state index in [1.54, 1.807) is 10.9 Å². The molecule has 1 amide bonds. The van der Waals surface area contributed by atoms with E-state index in [0.717, 1.165) is 43.0 Å². The van der Waals surface area contributed by atoms with Gasteiger partial charge in [0.2, 0.25) is 0 Å². The van der Waals surface area contributed by atoms with Gasteiger partial charge in [0.25, 0.3) is 5.91 Å². The van der Waals surface area contributed by atoms with Crippen molar-refractivity contribution in [2.24, 2.45) is 0 Å². The Labute approximate surface area is 185 Å². The summed E-state index contributed by atoms with van der Waals surface area (Å²) in [5.41, 5.74) is 1.30. The number of rotatable bonds is 8. The Morgan fingerprint density at radius 2 is 2.10 bits per heavy atom. The first-order valence-corrected chi connectivity index (χ1v) is 10.9. The first-order valence-electron chi connectivity index (χ1n) is 10.5. The fourth-order valence-corrected chi connectivity index (χ4v) is 3.90. The highest BCUT2D eigenvalue weighted by atomic mass is 35.5. The molecule has 3 aromatic rings. The molecule has 9 heteroatoms. The van der Waals surface area contributed by atoms with Gasteiger partial charge in [-0.3, -0.25) is 9.69 Å². The maximum Gasteiger partial charge on any atom is 0.273 e. The molecule has 8 nitrogen and oxygen atoms in total. The van der Waals surface area contributed by atoms with E-state index < -0.39 is 0 Å². The van der Waals surface area contributed by atoms with Crippen molar-refractivity contribution in [2.75, 3.05) is 26.2 Å². The van der Waals surface area contributed by atoms with Gasteiger partial charge in [-0.1, -0.05) is 16.8 Å². The monoisotopic (exact) mass is 443 g/mol. The van der Waals surface area contributed by atoms with Crippen LogP contribution in [0.25, 0.3) is 11.3 Å². The number of carbonyl (C=O) groups excluding carboxylic acids is 1. The van der Waals surface area contributed by atoms with Crippen LogP contribution in [0.15, 0.2) is 47.0 Å². The second-order valence-electron chi connectivity index (χ2n) is 7.72. The number of hydrogen-bond acceptors (Lipinski definition) is 6. The SMILES string of the molecule is O=C(NCCCO)c1cn(C2CCCN(Cc3ccc(-c4ccc(Cl)cc4)o3)C2)nn1. The fraction of sp³-hybridized carbons (Fsp3) is 0.409. The lowest BCUT2D eigenvalue weighted by Gasteiger charge is -2.31. The van der Waals surface area contributed by atoms with Crippen LogP contribution in [0, 0.1) is 0 Å². The molecule has 1 unspecified atom stereocenters. The van der Waals surface area contributed by atoms with E-state index in [1.807, 2.05) is 36.4 Å². The number of carbonyl (C=O) groups is 1. The number of aromatic nitrogens is 3. The van der Waals surface area contributed by atoms with E-state index in [-0.39, 0.29) is 18.6 Å². The summed E-state index contributed by atoms with van der Waals surface area (Å²) in [6, 6.07) is 11.8. The third-order valence-electron chi connectivity index (χ3n) is 5.39. The predicted octanol–water partition coefficient (Wildman–Crippen LogP) is 3.14. The minimum Gasteiger partial charge on any atom is -0.460 e. The Kier molecular flexibility index (Phi) is 7.01. The van der Waals surface area contributed by atoms with E-state index in [1.165, 1.54) is 0 Å². The molecule has 1 aliphatic rings. The summed E-state index contributed by atoms with van der Waals surface area (Å²) < 4.78 is 7.83. The average Bonchev–Trinajstić information content (AvgIpc) is 3.45. The molecule has 2 aromatic heterocycles. The molecule has 31 heavy (non-hydrogen) atoms. The molecule has 0 spiro atoms. The summed E-state index contributed by atoms with van der Waals surface area (Å²) in [6.07, 6.45) is 4.24. The number of amides is 1. The number of aliphatic hydroxyl groups excluding tert-OH is 1. The van der Waals surface area contributed by atoms with Gasteiger partial charge in [-0.25, -0.2) is 4.68 Å². The third kappa shape index (κ3) is 5.52. The second kappa shape index (κ2) is 10.1. The summed E-state index contributed by atoms with van der Waals surface area (Å²) >= 11 is 5.96. The number of piperidine rings is 1. The normalized spacial score (nSPS) is 17.0. The van der Waals surface area contributed by atoms with Gasteiger partial charge in [0.1, 0.15) is 11.5 Å². The highest BCUT2D eigenvalue weighted by molar-refractivity contribution is 6.30. The van der Waals surface area contributed by atoms with E-state index >= 15 is 0 Å². The zero-order chi connectivity index (χ0) is 21.6. The standard InChI is InChI=1S/C22H26ClN5O3/c23-17-6-4-16(5-7-17)21-9-8-19(31-21)14-27-11-1-3-18(13-27)28-15-20(25-26-28)22(30)24-10-2-12-29/h4-9,15,18,29H,1-3,10-14H2,(H,24,30). The number of benzene rings is 1. The van der Waals surface area contributed by atoms with Crippen LogP contribution in [-0.2, 0) is 6.54 Å². The molecule has 2 N–H and O–H groups in total. The van der Waals surface area contributed by atoms with Gasteiger partial charge in [0.05, 0.1) is 18.8 Å². The van der Waals surface area contributed by atoms with Crippen LogP contribution in [0.3, 0.4) is 0 Å². The Morgan fingerprint density at radius 1 is 1.26 bits per heavy atom. The van der Waals surface area contributed by atoms with E-state index in [0.29, 0.717) is 30.2 Å². The van der Waals surface area contributed by atoms with Crippen LogP contribution in [0.5, 0.6) is 0 Å². The topological polar surface area (TPSA) is 96.4 Å². The third-order valence-corrected chi connectivity index (χ3v) is 5.64. The molecule has 1 saturated heterocycles. The van der Waals surface area contributed by atoms with Crippen molar-refractivity contribution in [3.8, 4) is 11.3 Å². The highest BCUT2D eigenvalue weighted by Gasteiger charge is 2.24. The van der Waals surface area contributed by atoms with Gasteiger partial charge in [0, 0.05) is 30.3 Å². The van der Waals surface area contributed by atoms with Crippen molar-refractivity contribution in [3.05, 3.63) is 59.1 Å². The molecule has 1 aromatic carbocycles. The Hall–Kier alpha value is -2.68. The molecule has 4 rings (SSSR count). The van der Waals surface area contributed by atoms with Crippen molar-refractivity contribution in [1.82, 2.24) is 25.2 Å². The van der Waals surface area contributed by atoms with Crippen molar-refractivity contribution in [2.45, 2.75) is 31.8 Å². The number of likely N-dealkylation sites (tertiary alicyclic amines) is 1. The zero-order valence-corrected chi connectivity index (χ0v) is 18.0. The van der Waals surface area contributed by atoms with Crippen LogP contribution < -0.4 is 5.32 Å². The molecular weight excluding hydrogens is 418 g/mol. The highest BCUT2D eigenvalue weighted by Crippen LogP contribution is 2.26. The smallest absolute Gasteiger partial charge is 0.273 e. The summed E-state index contributed by atoms with van der Waals surface area (Å²) in [6.45, 7) is 2.97. The molecule has 0 radical (unpaired) electrons. The fourth-order valence-electron chi connectivity index (χ4n) is 3.77. The van der Waals surface area contributed by atoms with Crippen molar-refractivity contribution >= 4 is 17.5 Å². The summed E-state index contributed by atoms with van der Waals surface area (Å²) in [5.74, 6) is 1.47. The number of halogens is 1. The minimum absolute atomic E-state index is 0.0434. The van der Waals surface area contributed by atoms with Crippen LogP contribution >= 0.6 is 11.6 Å². The van der Waals surface area contributed by atoms with Gasteiger partial charge in [-0.15, -0.1) is 5.10 Å². The summed E-state index contributed by atoms with van der Waals surface area (Å²) in [5, 5.41) is 20.4. The lowest BCUT2D eigenvalue weighted by Crippen LogP contribution is -2.36. The van der Waals surface area contributed by atoms with E-state index in [2.05, 4.69) is 20.5 Å². The molecular formula is C22H26ClN5O3. The molecule has 0 aliphatic carbocycles. The second-order valence-corrected chi connectivity index (χ2v) is 8.16. The molecule has 0 bridgehead atoms. The molecule has 1 atom stereocenters. The van der Waals surface area contributed by atoms with Crippen molar-refractivity contribution < 1.29 is 14.3 Å². The number of nitrogens with zero attached hydrogens (tertiary/aromatic N) is 4. The first kappa shape index (κ1) is 21.5. The Balaban J connectivity index is 1.35. The average molecular weight is 444 g/mol. The lowest BCUT2D eigenvalue weighted by molar-refractivity contribution is 0.0946.